The number of methoxy groups -OCH3 is 1. The van der Waals surface area contributed by atoms with Crippen LogP contribution in [0.15, 0.2) is 48.5 Å². The molecule has 1 saturated carbocycles. The summed E-state index contributed by atoms with van der Waals surface area (Å²) in [6.45, 7) is 0. The molecule has 0 saturated heterocycles. The molecule has 0 radical (unpaired) electrons. The Morgan fingerprint density at radius 2 is 2.00 bits per heavy atom. The summed E-state index contributed by atoms with van der Waals surface area (Å²) in [5.74, 6) is 0.842. The standard InChI is InChI=1S/C19H18N2O2S/c1-23-14-8-9-15-16(12-14)24-18(20-15)21-17(22)19(10-5-11-19)13-6-3-2-4-7-13/h2-4,6-9,12H,5,10-11H2,1H3,(H,20,21,22). The monoisotopic (exact) mass is 338 g/mol. The molecule has 24 heavy (non-hydrogen) atoms. The molecule has 0 aliphatic heterocycles. The van der Waals surface area contributed by atoms with Gasteiger partial charge in [0, 0.05) is 0 Å². The number of thiazole rings is 1. The fourth-order valence-electron chi connectivity index (χ4n) is 3.24. The van der Waals surface area contributed by atoms with E-state index in [0.29, 0.717) is 5.13 Å². The van der Waals surface area contributed by atoms with E-state index in [2.05, 4.69) is 10.3 Å². The van der Waals surface area contributed by atoms with Crippen LogP contribution >= 0.6 is 11.3 Å². The van der Waals surface area contributed by atoms with E-state index < -0.39 is 5.41 Å². The number of anilines is 1. The van der Waals surface area contributed by atoms with Gasteiger partial charge in [-0.05, 0) is 36.6 Å². The number of hydrogen-bond acceptors (Lipinski definition) is 4. The minimum Gasteiger partial charge on any atom is -0.497 e. The Bertz CT molecular complexity index is 885. The molecule has 1 heterocycles. The Balaban J connectivity index is 1.61. The lowest BCUT2D eigenvalue weighted by molar-refractivity contribution is -0.124. The molecule has 0 unspecified atom stereocenters. The van der Waals surface area contributed by atoms with Crippen molar-refractivity contribution in [2.75, 3.05) is 12.4 Å². The van der Waals surface area contributed by atoms with Crippen molar-refractivity contribution in [1.29, 1.82) is 0 Å². The van der Waals surface area contributed by atoms with Gasteiger partial charge < -0.3 is 10.1 Å². The third kappa shape index (κ3) is 2.45. The number of nitrogens with one attached hydrogen (secondary N) is 1. The molecule has 5 heteroatoms. The summed E-state index contributed by atoms with van der Waals surface area (Å²) in [6, 6.07) is 15.8. The summed E-state index contributed by atoms with van der Waals surface area (Å²) < 4.78 is 6.25. The van der Waals surface area contributed by atoms with E-state index in [1.54, 1.807) is 7.11 Å². The number of aromatic nitrogens is 1. The van der Waals surface area contributed by atoms with Crippen molar-refractivity contribution in [2.24, 2.45) is 0 Å². The van der Waals surface area contributed by atoms with Crippen molar-refractivity contribution in [3.8, 4) is 5.75 Å². The van der Waals surface area contributed by atoms with Crippen molar-refractivity contribution in [3.63, 3.8) is 0 Å². The first-order valence-corrected chi connectivity index (χ1v) is 8.84. The van der Waals surface area contributed by atoms with Crippen molar-refractivity contribution in [2.45, 2.75) is 24.7 Å². The Hall–Kier alpha value is -2.40. The van der Waals surface area contributed by atoms with Crippen molar-refractivity contribution < 1.29 is 9.53 Å². The number of nitrogens with zero attached hydrogens (tertiary/aromatic N) is 1. The smallest absolute Gasteiger partial charge is 0.236 e. The van der Waals surface area contributed by atoms with Crippen molar-refractivity contribution in [1.82, 2.24) is 4.98 Å². The zero-order valence-electron chi connectivity index (χ0n) is 13.4. The number of carbonyl (C=O) groups excluding carboxylic acids is 1. The molecule has 1 N–H and O–H groups in total. The molecule has 1 fully saturated rings. The van der Waals surface area contributed by atoms with Gasteiger partial charge in [0.25, 0.3) is 0 Å². The predicted octanol–water partition coefficient (Wildman–Crippen LogP) is 4.37. The topological polar surface area (TPSA) is 51.2 Å². The Morgan fingerprint density at radius 1 is 1.21 bits per heavy atom. The van der Waals surface area contributed by atoms with Crippen LogP contribution in [0.4, 0.5) is 5.13 Å². The van der Waals surface area contributed by atoms with E-state index in [9.17, 15) is 4.79 Å². The highest BCUT2D eigenvalue weighted by molar-refractivity contribution is 7.22. The van der Waals surface area contributed by atoms with Gasteiger partial charge in [0.15, 0.2) is 5.13 Å². The maximum Gasteiger partial charge on any atom is 0.236 e. The molecule has 1 aliphatic rings. The number of benzene rings is 2. The lowest BCUT2D eigenvalue weighted by Gasteiger charge is -2.40. The first kappa shape index (κ1) is 15.1. The highest BCUT2D eigenvalue weighted by Crippen LogP contribution is 2.44. The molecule has 0 atom stereocenters. The van der Waals surface area contributed by atoms with E-state index in [0.717, 1.165) is 40.8 Å². The van der Waals surface area contributed by atoms with Crippen LogP contribution < -0.4 is 10.1 Å². The minimum absolute atomic E-state index is 0.0472. The van der Waals surface area contributed by atoms with Gasteiger partial charge in [0.05, 0.1) is 22.7 Å². The summed E-state index contributed by atoms with van der Waals surface area (Å²) in [6.07, 6.45) is 2.86. The van der Waals surface area contributed by atoms with Gasteiger partial charge in [0.2, 0.25) is 5.91 Å². The van der Waals surface area contributed by atoms with Crippen LogP contribution in [0.3, 0.4) is 0 Å². The summed E-state index contributed by atoms with van der Waals surface area (Å²) in [7, 11) is 1.64. The molecule has 1 aliphatic carbocycles. The zero-order valence-corrected chi connectivity index (χ0v) is 14.2. The molecule has 1 amide bonds. The largest absolute Gasteiger partial charge is 0.497 e. The average Bonchev–Trinajstić information content (AvgIpc) is 2.96. The van der Waals surface area contributed by atoms with Crippen molar-refractivity contribution in [3.05, 3.63) is 54.1 Å². The van der Waals surface area contributed by atoms with Crippen LogP contribution in [0, 0.1) is 0 Å². The highest BCUT2D eigenvalue weighted by atomic mass is 32.1. The molecule has 4 rings (SSSR count). The molecular weight excluding hydrogens is 320 g/mol. The SMILES string of the molecule is COc1ccc2nc(NC(=O)C3(c4ccccc4)CCC3)sc2c1. The zero-order chi connectivity index (χ0) is 16.6. The maximum atomic E-state index is 12.9. The van der Waals surface area contributed by atoms with Gasteiger partial charge in [0.1, 0.15) is 5.75 Å². The van der Waals surface area contributed by atoms with Crippen LogP contribution in [0.2, 0.25) is 0 Å². The van der Waals surface area contributed by atoms with Gasteiger partial charge in [-0.3, -0.25) is 4.79 Å². The molecule has 2 aromatic carbocycles. The summed E-state index contributed by atoms with van der Waals surface area (Å²) >= 11 is 1.48. The molecule has 4 nitrogen and oxygen atoms in total. The molecule has 1 aromatic heterocycles. The van der Waals surface area contributed by atoms with E-state index in [1.165, 1.54) is 11.3 Å². The molecular formula is C19H18N2O2S. The van der Waals surface area contributed by atoms with E-state index >= 15 is 0 Å². The van der Waals surface area contributed by atoms with E-state index in [1.807, 2.05) is 48.5 Å². The molecule has 3 aromatic rings. The minimum atomic E-state index is -0.406. The van der Waals surface area contributed by atoms with E-state index in [-0.39, 0.29) is 5.91 Å². The molecule has 0 bridgehead atoms. The maximum absolute atomic E-state index is 12.9. The summed E-state index contributed by atoms with van der Waals surface area (Å²) in [5.41, 5.74) is 1.56. The first-order chi connectivity index (χ1) is 11.7. The molecule has 0 spiro atoms. The second-order valence-electron chi connectivity index (χ2n) is 6.11. The van der Waals surface area contributed by atoms with Gasteiger partial charge in [-0.25, -0.2) is 4.98 Å². The van der Waals surface area contributed by atoms with Crippen molar-refractivity contribution >= 4 is 32.6 Å². The molecule has 122 valence electrons. The normalized spacial score (nSPS) is 15.7. The Kier molecular flexibility index (Phi) is 3.73. The van der Waals surface area contributed by atoms with Gasteiger partial charge in [-0.15, -0.1) is 0 Å². The Morgan fingerprint density at radius 3 is 2.67 bits per heavy atom. The summed E-state index contributed by atoms with van der Waals surface area (Å²) in [5, 5.41) is 3.68. The number of amides is 1. The van der Waals surface area contributed by atoms with E-state index in [4.69, 9.17) is 4.74 Å². The third-order valence-corrected chi connectivity index (χ3v) is 5.72. The van der Waals surface area contributed by atoms with Crippen LogP contribution in [-0.2, 0) is 10.2 Å². The number of rotatable bonds is 4. The number of hydrogen-bond donors (Lipinski definition) is 1. The van der Waals surface area contributed by atoms with Crippen LogP contribution in [0.5, 0.6) is 5.75 Å². The fourth-order valence-corrected chi connectivity index (χ4v) is 4.13. The number of ether oxygens (including phenoxy) is 1. The number of carbonyl (C=O) groups is 1. The fraction of sp³-hybridized carbons (Fsp3) is 0.263. The Labute approximate surface area is 144 Å². The van der Waals surface area contributed by atoms with Crippen LogP contribution in [0.1, 0.15) is 24.8 Å². The lowest BCUT2D eigenvalue weighted by Crippen LogP contribution is -2.45. The predicted molar refractivity (Wildman–Crippen MR) is 96.8 cm³/mol. The van der Waals surface area contributed by atoms with Crippen LogP contribution in [-0.4, -0.2) is 18.0 Å². The number of fused-ring (bicyclic) bond motifs is 1. The van der Waals surface area contributed by atoms with Gasteiger partial charge in [-0.2, -0.15) is 0 Å². The van der Waals surface area contributed by atoms with Gasteiger partial charge >= 0.3 is 0 Å². The lowest BCUT2D eigenvalue weighted by atomic mass is 9.64. The van der Waals surface area contributed by atoms with Crippen LogP contribution in [0.25, 0.3) is 10.2 Å². The first-order valence-electron chi connectivity index (χ1n) is 8.03. The second kappa shape index (κ2) is 5.91. The second-order valence-corrected chi connectivity index (χ2v) is 7.14. The highest BCUT2D eigenvalue weighted by Gasteiger charge is 2.45. The van der Waals surface area contributed by atoms with Gasteiger partial charge in [-0.1, -0.05) is 48.1 Å². The third-order valence-electron chi connectivity index (χ3n) is 4.78. The summed E-state index contributed by atoms with van der Waals surface area (Å²) in [4.78, 5) is 17.5. The quantitative estimate of drug-likeness (QED) is 0.769. The average molecular weight is 338 g/mol.